The van der Waals surface area contributed by atoms with Crippen LogP contribution in [0, 0.1) is 12.7 Å². The number of aryl methyl sites for hydroxylation is 3. The molecule has 1 aliphatic rings. The van der Waals surface area contributed by atoms with Gasteiger partial charge in [0.15, 0.2) is 5.82 Å². The van der Waals surface area contributed by atoms with Gasteiger partial charge in [0.05, 0.1) is 6.04 Å². The number of benzene rings is 1. The molecule has 1 saturated heterocycles. The van der Waals surface area contributed by atoms with Gasteiger partial charge in [-0.3, -0.25) is 4.90 Å². The maximum Gasteiger partial charge on any atom is 0.227 e. The molecule has 0 spiro atoms. The largest absolute Gasteiger partial charge is 0.339 e. The van der Waals surface area contributed by atoms with E-state index in [0.29, 0.717) is 41.8 Å². The number of nitrogens with zero attached hydrogens (tertiary/aromatic N) is 5. The lowest BCUT2D eigenvalue weighted by Crippen LogP contribution is -2.44. The van der Waals surface area contributed by atoms with Crippen molar-refractivity contribution < 1.29 is 13.4 Å². The number of likely N-dealkylation sites (N-methyl/N-ethyl adjacent to an activating group) is 1. The van der Waals surface area contributed by atoms with E-state index >= 15 is 0 Å². The van der Waals surface area contributed by atoms with Gasteiger partial charge < -0.3 is 14.4 Å². The fraction of sp³-hybridized carbons (Fsp3) is 0.444. The molecule has 1 fully saturated rings. The molecular formula is C18H22ClFN6O2. The molecule has 150 valence electrons. The second kappa shape index (κ2) is 8.76. The summed E-state index contributed by atoms with van der Waals surface area (Å²) in [6, 6.07) is 4.85. The first-order chi connectivity index (χ1) is 13.1. The molecule has 3 heterocycles. The van der Waals surface area contributed by atoms with Gasteiger partial charge in [0, 0.05) is 38.0 Å². The number of piperazine rings is 1. The Labute approximate surface area is 167 Å². The van der Waals surface area contributed by atoms with E-state index in [2.05, 4.69) is 37.5 Å². The van der Waals surface area contributed by atoms with Gasteiger partial charge in [0.25, 0.3) is 0 Å². The third kappa shape index (κ3) is 4.37. The topological polar surface area (TPSA) is 93.1 Å². The first-order valence-corrected chi connectivity index (χ1v) is 8.92. The van der Waals surface area contributed by atoms with Gasteiger partial charge in [0.2, 0.25) is 17.6 Å². The van der Waals surface area contributed by atoms with Crippen LogP contribution < -0.4 is 5.32 Å². The fourth-order valence-electron chi connectivity index (χ4n) is 3.07. The van der Waals surface area contributed by atoms with E-state index in [4.69, 9.17) is 9.05 Å². The molecule has 0 amide bonds. The summed E-state index contributed by atoms with van der Waals surface area (Å²) >= 11 is 0. The van der Waals surface area contributed by atoms with Crippen molar-refractivity contribution in [3.63, 3.8) is 0 Å². The van der Waals surface area contributed by atoms with Gasteiger partial charge in [-0.15, -0.1) is 12.4 Å². The summed E-state index contributed by atoms with van der Waals surface area (Å²) in [6.07, 6.45) is 1.01. The Bertz CT molecular complexity index is 930. The number of hydrogen-bond donors (Lipinski definition) is 1. The van der Waals surface area contributed by atoms with Crippen LogP contribution in [0.25, 0.3) is 11.4 Å². The van der Waals surface area contributed by atoms with E-state index < -0.39 is 0 Å². The Hall–Kier alpha value is -2.36. The number of rotatable bonds is 5. The van der Waals surface area contributed by atoms with E-state index in [9.17, 15) is 4.39 Å². The second-order valence-electron chi connectivity index (χ2n) is 6.72. The average molecular weight is 409 g/mol. The first kappa shape index (κ1) is 20.4. The zero-order chi connectivity index (χ0) is 18.8. The molecule has 2 aromatic heterocycles. The minimum atomic E-state index is -0.256. The summed E-state index contributed by atoms with van der Waals surface area (Å²) in [5.74, 6) is 1.89. The quantitative estimate of drug-likeness (QED) is 0.687. The maximum absolute atomic E-state index is 13.4. The van der Waals surface area contributed by atoms with E-state index in [-0.39, 0.29) is 24.3 Å². The van der Waals surface area contributed by atoms with Crippen LogP contribution in [0.2, 0.25) is 0 Å². The Morgan fingerprint density at radius 2 is 1.93 bits per heavy atom. The van der Waals surface area contributed by atoms with Crippen molar-refractivity contribution in [3.05, 3.63) is 47.2 Å². The second-order valence-corrected chi connectivity index (χ2v) is 6.72. The smallest absolute Gasteiger partial charge is 0.227 e. The summed E-state index contributed by atoms with van der Waals surface area (Å²) in [7, 11) is 2.05. The van der Waals surface area contributed by atoms with Gasteiger partial charge in [-0.1, -0.05) is 10.3 Å². The van der Waals surface area contributed by atoms with Crippen molar-refractivity contribution >= 4 is 12.4 Å². The molecule has 1 unspecified atom stereocenters. The maximum atomic E-state index is 13.4. The van der Waals surface area contributed by atoms with Crippen molar-refractivity contribution in [2.45, 2.75) is 25.8 Å². The highest BCUT2D eigenvalue weighted by atomic mass is 35.5. The minimum Gasteiger partial charge on any atom is -0.339 e. The van der Waals surface area contributed by atoms with Crippen molar-refractivity contribution in [1.29, 1.82) is 0 Å². The zero-order valence-electron chi connectivity index (χ0n) is 15.7. The van der Waals surface area contributed by atoms with Gasteiger partial charge in [-0.2, -0.15) is 9.97 Å². The predicted octanol–water partition coefficient (Wildman–Crippen LogP) is 2.35. The van der Waals surface area contributed by atoms with E-state index in [1.165, 1.54) is 6.07 Å². The molecule has 10 heteroatoms. The van der Waals surface area contributed by atoms with Crippen molar-refractivity contribution in [2.24, 2.45) is 0 Å². The van der Waals surface area contributed by atoms with Crippen molar-refractivity contribution in [2.75, 3.05) is 26.7 Å². The monoisotopic (exact) mass is 408 g/mol. The van der Waals surface area contributed by atoms with Crippen molar-refractivity contribution in [3.8, 4) is 11.4 Å². The molecule has 1 N–H and O–H groups in total. The lowest BCUT2D eigenvalue weighted by molar-refractivity contribution is 0.190. The van der Waals surface area contributed by atoms with Crippen LogP contribution in [0.3, 0.4) is 0 Å². The Kier molecular flexibility index (Phi) is 6.38. The van der Waals surface area contributed by atoms with Crippen LogP contribution in [0.5, 0.6) is 0 Å². The molecule has 0 aliphatic carbocycles. The summed E-state index contributed by atoms with van der Waals surface area (Å²) in [4.78, 5) is 11.1. The summed E-state index contributed by atoms with van der Waals surface area (Å²) in [5.41, 5.74) is 1.26. The van der Waals surface area contributed by atoms with Gasteiger partial charge in [0.1, 0.15) is 5.82 Å². The summed E-state index contributed by atoms with van der Waals surface area (Å²) < 4.78 is 24.0. The molecule has 4 rings (SSSR count). The Balaban J connectivity index is 0.00000225. The molecule has 28 heavy (non-hydrogen) atoms. The number of halogens is 2. The van der Waals surface area contributed by atoms with Crippen LogP contribution in [-0.2, 0) is 12.8 Å². The lowest BCUT2D eigenvalue weighted by atomic mass is 10.1. The van der Waals surface area contributed by atoms with Crippen molar-refractivity contribution in [1.82, 2.24) is 30.5 Å². The van der Waals surface area contributed by atoms with E-state index in [1.807, 2.05) is 0 Å². The highest BCUT2D eigenvalue weighted by Gasteiger charge is 2.25. The minimum absolute atomic E-state index is 0. The molecular weight excluding hydrogens is 387 g/mol. The van der Waals surface area contributed by atoms with Gasteiger partial charge >= 0.3 is 0 Å². The van der Waals surface area contributed by atoms with Crippen LogP contribution in [-0.4, -0.2) is 51.9 Å². The molecule has 1 aliphatic heterocycles. The van der Waals surface area contributed by atoms with Crippen LogP contribution in [0.4, 0.5) is 4.39 Å². The molecule has 1 aromatic carbocycles. The molecule has 3 aromatic rings. The SMILES string of the molecule is Cc1cc(-c2noc(CCc3nc(C4CNCCN4C)no3)n2)ccc1F.Cl. The number of aromatic nitrogens is 4. The van der Waals surface area contributed by atoms with Gasteiger partial charge in [-0.25, -0.2) is 4.39 Å². The summed E-state index contributed by atoms with van der Waals surface area (Å²) in [5, 5.41) is 11.4. The molecule has 0 radical (unpaired) electrons. The Morgan fingerprint density at radius 1 is 1.18 bits per heavy atom. The molecule has 1 atom stereocenters. The Morgan fingerprint density at radius 3 is 2.68 bits per heavy atom. The highest BCUT2D eigenvalue weighted by molar-refractivity contribution is 5.85. The average Bonchev–Trinajstić information content (AvgIpc) is 3.32. The van der Waals surface area contributed by atoms with E-state index in [1.54, 1.807) is 19.1 Å². The van der Waals surface area contributed by atoms with Crippen LogP contribution in [0.15, 0.2) is 27.2 Å². The molecule has 0 saturated carbocycles. The summed E-state index contributed by atoms with van der Waals surface area (Å²) in [6.45, 7) is 4.42. The molecule has 8 nitrogen and oxygen atoms in total. The number of hydrogen-bond acceptors (Lipinski definition) is 8. The normalized spacial score (nSPS) is 17.5. The highest BCUT2D eigenvalue weighted by Crippen LogP contribution is 2.20. The van der Waals surface area contributed by atoms with Crippen LogP contribution >= 0.6 is 12.4 Å². The van der Waals surface area contributed by atoms with E-state index in [0.717, 1.165) is 25.2 Å². The van der Waals surface area contributed by atoms with Crippen LogP contribution in [0.1, 0.15) is 29.2 Å². The zero-order valence-corrected chi connectivity index (χ0v) is 16.5. The molecule has 0 bridgehead atoms. The lowest BCUT2D eigenvalue weighted by Gasteiger charge is -2.30. The predicted molar refractivity (Wildman–Crippen MR) is 102 cm³/mol. The standard InChI is InChI=1S/C18H21FN6O2.ClH/c1-11-9-12(3-4-13(11)19)17-21-15(26-23-17)5-6-16-22-18(24-27-16)14-10-20-7-8-25(14)2;/h3-4,9,14,20H,5-8,10H2,1-2H3;1H. The number of nitrogens with one attached hydrogen (secondary N) is 1. The first-order valence-electron chi connectivity index (χ1n) is 8.92. The third-order valence-electron chi connectivity index (χ3n) is 4.73. The fourth-order valence-corrected chi connectivity index (χ4v) is 3.07. The third-order valence-corrected chi connectivity index (χ3v) is 4.73. The van der Waals surface area contributed by atoms with Gasteiger partial charge in [-0.05, 0) is 37.7 Å².